The van der Waals surface area contributed by atoms with Crippen LogP contribution in [0.4, 0.5) is 0 Å². The number of rotatable bonds is 2. The van der Waals surface area contributed by atoms with Gasteiger partial charge in [-0.05, 0) is 11.5 Å². The molecule has 0 radical (unpaired) electrons. The molecule has 0 aromatic carbocycles. The standard InChI is InChI=1S/C8H13N3.ClH/c1-6(2)7-4-10-8(3-9)11-5-7;/h4-6H,3,9H2,1-2H3;1H. The zero-order valence-corrected chi connectivity index (χ0v) is 8.14. The number of aromatic nitrogens is 2. The van der Waals surface area contributed by atoms with Gasteiger partial charge in [-0.15, -0.1) is 12.4 Å². The predicted octanol–water partition coefficient (Wildman–Crippen LogP) is 1.48. The van der Waals surface area contributed by atoms with Crippen LogP contribution in [0.1, 0.15) is 31.2 Å². The van der Waals surface area contributed by atoms with Crippen molar-refractivity contribution in [2.45, 2.75) is 26.3 Å². The van der Waals surface area contributed by atoms with Crippen molar-refractivity contribution in [3.63, 3.8) is 0 Å². The molecule has 12 heavy (non-hydrogen) atoms. The van der Waals surface area contributed by atoms with Gasteiger partial charge in [0.25, 0.3) is 0 Å². The van der Waals surface area contributed by atoms with Gasteiger partial charge in [0.1, 0.15) is 5.82 Å². The molecule has 1 heterocycles. The summed E-state index contributed by atoms with van der Waals surface area (Å²) in [5.74, 6) is 1.19. The van der Waals surface area contributed by atoms with Gasteiger partial charge in [-0.25, -0.2) is 9.97 Å². The lowest BCUT2D eigenvalue weighted by Crippen LogP contribution is -2.03. The van der Waals surface area contributed by atoms with Crippen LogP contribution in [0, 0.1) is 0 Å². The molecule has 1 aromatic heterocycles. The third-order valence-corrected chi connectivity index (χ3v) is 1.57. The highest BCUT2D eigenvalue weighted by Gasteiger charge is 1.99. The molecule has 0 unspecified atom stereocenters. The third-order valence-electron chi connectivity index (χ3n) is 1.57. The Morgan fingerprint density at radius 1 is 1.33 bits per heavy atom. The first-order chi connectivity index (χ1) is 5.24. The summed E-state index contributed by atoms with van der Waals surface area (Å²) in [5.41, 5.74) is 6.51. The van der Waals surface area contributed by atoms with Gasteiger partial charge in [0.05, 0.1) is 6.54 Å². The maximum Gasteiger partial charge on any atom is 0.141 e. The van der Waals surface area contributed by atoms with E-state index in [4.69, 9.17) is 5.73 Å². The molecule has 0 saturated carbocycles. The van der Waals surface area contributed by atoms with E-state index in [1.165, 1.54) is 0 Å². The van der Waals surface area contributed by atoms with Crippen molar-refractivity contribution < 1.29 is 0 Å². The lowest BCUT2D eigenvalue weighted by atomic mass is 10.1. The van der Waals surface area contributed by atoms with Crippen LogP contribution in [0.3, 0.4) is 0 Å². The van der Waals surface area contributed by atoms with Gasteiger partial charge in [0.2, 0.25) is 0 Å². The van der Waals surface area contributed by atoms with E-state index in [1.807, 2.05) is 12.4 Å². The van der Waals surface area contributed by atoms with Crippen molar-refractivity contribution in [2.75, 3.05) is 0 Å². The Bertz CT molecular complexity index is 220. The van der Waals surface area contributed by atoms with Crippen molar-refractivity contribution in [1.29, 1.82) is 0 Å². The van der Waals surface area contributed by atoms with Crippen LogP contribution in [-0.4, -0.2) is 9.97 Å². The number of halogens is 1. The molecule has 0 aliphatic heterocycles. The highest BCUT2D eigenvalue weighted by Crippen LogP contribution is 2.10. The van der Waals surface area contributed by atoms with E-state index < -0.39 is 0 Å². The molecule has 0 saturated heterocycles. The molecular weight excluding hydrogens is 174 g/mol. The number of nitrogens with two attached hydrogens (primary N) is 1. The van der Waals surface area contributed by atoms with Gasteiger partial charge in [0, 0.05) is 12.4 Å². The molecule has 0 aliphatic rings. The minimum Gasteiger partial charge on any atom is -0.324 e. The van der Waals surface area contributed by atoms with E-state index >= 15 is 0 Å². The molecule has 0 atom stereocenters. The average molecular weight is 188 g/mol. The first kappa shape index (κ1) is 11.3. The molecule has 68 valence electrons. The Labute approximate surface area is 78.8 Å². The minimum absolute atomic E-state index is 0. The first-order valence-electron chi connectivity index (χ1n) is 3.75. The molecule has 0 fully saturated rings. The molecule has 0 spiro atoms. The molecule has 0 aliphatic carbocycles. The summed E-state index contributed by atoms with van der Waals surface area (Å²) in [6.07, 6.45) is 3.67. The minimum atomic E-state index is 0. The number of nitrogens with zero attached hydrogens (tertiary/aromatic N) is 2. The second-order valence-corrected chi connectivity index (χ2v) is 2.79. The second kappa shape index (κ2) is 5.06. The molecule has 1 rings (SSSR count). The van der Waals surface area contributed by atoms with Crippen molar-refractivity contribution in [3.05, 3.63) is 23.8 Å². The van der Waals surface area contributed by atoms with Crippen LogP contribution >= 0.6 is 12.4 Å². The van der Waals surface area contributed by atoms with Crippen molar-refractivity contribution in [3.8, 4) is 0 Å². The fraction of sp³-hybridized carbons (Fsp3) is 0.500. The quantitative estimate of drug-likeness (QED) is 0.763. The van der Waals surface area contributed by atoms with Gasteiger partial charge < -0.3 is 5.73 Å². The van der Waals surface area contributed by atoms with Crippen LogP contribution in [-0.2, 0) is 6.54 Å². The molecule has 4 heteroatoms. The third kappa shape index (κ3) is 2.75. The first-order valence-corrected chi connectivity index (χ1v) is 3.75. The second-order valence-electron chi connectivity index (χ2n) is 2.79. The summed E-state index contributed by atoms with van der Waals surface area (Å²) in [5, 5.41) is 0. The zero-order valence-electron chi connectivity index (χ0n) is 7.32. The van der Waals surface area contributed by atoms with E-state index in [0.717, 1.165) is 5.56 Å². The molecule has 2 N–H and O–H groups in total. The largest absolute Gasteiger partial charge is 0.324 e. The lowest BCUT2D eigenvalue weighted by molar-refractivity contribution is 0.819. The zero-order chi connectivity index (χ0) is 8.27. The summed E-state index contributed by atoms with van der Waals surface area (Å²) in [4.78, 5) is 8.16. The Balaban J connectivity index is 0.00000121. The van der Waals surface area contributed by atoms with Crippen LogP contribution in [0.15, 0.2) is 12.4 Å². The van der Waals surface area contributed by atoms with Crippen LogP contribution in [0.5, 0.6) is 0 Å². The smallest absolute Gasteiger partial charge is 0.141 e. The molecule has 0 amide bonds. The van der Waals surface area contributed by atoms with E-state index in [-0.39, 0.29) is 12.4 Å². The predicted molar refractivity (Wildman–Crippen MR) is 51.3 cm³/mol. The Hall–Kier alpha value is -0.670. The van der Waals surface area contributed by atoms with Crippen molar-refractivity contribution in [2.24, 2.45) is 5.73 Å². The summed E-state index contributed by atoms with van der Waals surface area (Å²) in [6, 6.07) is 0. The Morgan fingerprint density at radius 3 is 2.17 bits per heavy atom. The van der Waals surface area contributed by atoms with E-state index in [9.17, 15) is 0 Å². The number of hydrogen-bond donors (Lipinski definition) is 1. The van der Waals surface area contributed by atoms with E-state index in [0.29, 0.717) is 18.3 Å². The SMILES string of the molecule is CC(C)c1cnc(CN)nc1.Cl. The molecular formula is C8H14ClN3. The van der Waals surface area contributed by atoms with Gasteiger partial charge in [0.15, 0.2) is 0 Å². The summed E-state index contributed by atoms with van der Waals surface area (Å²) >= 11 is 0. The maximum atomic E-state index is 5.35. The maximum absolute atomic E-state index is 5.35. The summed E-state index contributed by atoms with van der Waals surface area (Å²) in [6.45, 7) is 4.64. The van der Waals surface area contributed by atoms with E-state index in [2.05, 4.69) is 23.8 Å². The summed E-state index contributed by atoms with van der Waals surface area (Å²) < 4.78 is 0. The van der Waals surface area contributed by atoms with Crippen molar-refractivity contribution in [1.82, 2.24) is 9.97 Å². The van der Waals surface area contributed by atoms with Crippen LogP contribution in [0.2, 0.25) is 0 Å². The average Bonchev–Trinajstić information content (AvgIpc) is 2.05. The van der Waals surface area contributed by atoms with Gasteiger partial charge in [-0.2, -0.15) is 0 Å². The van der Waals surface area contributed by atoms with Crippen LogP contribution in [0.25, 0.3) is 0 Å². The topological polar surface area (TPSA) is 51.8 Å². The van der Waals surface area contributed by atoms with Gasteiger partial charge >= 0.3 is 0 Å². The Kier molecular flexibility index (Phi) is 4.78. The highest BCUT2D eigenvalue weighted by molar-refractivity contribution is 5.85. The van der Waals surface area contributed by atoms with Gasteiger partial charge in [-0.3, -0.25) is 0 Å². The van der Waals surface area contributed by atoms with Crippen LogP contribution < -0.4 is 5.73 Å². The summed E-state index contributed by atoms with van der Waals surface area (Å²) in [7, 11) is 0. The Morgan fingerprint density at radius 2 is 1.83 bits per heavy atom. The molecule has 3 nitrogen and oxygen atoms in total. The normalized spacial score (nSPS) is 9.67. The lowest BCUT2D eigenvalue weighted by Gasteiger charge is -2.03. The monoisotopic (exact) mass is 187 g/mol. The number of hydrogen-bond acceptors (Lipinski definition) is 3. The fourth-order valence-electron chi connectivity index (χ4n) is 0.768. The fourth-order valence-corrected chi connectivity index (χ4v) is 0.768. The van der Waals surface area contributed by atoms with Crippen molar-refractivity contribution >= 4 is 12.4 Å². The molecule has 1 aromatic rings. The molecule has 0 bridgehead atoms. The van der Waals surface area contributed by atoms with Gasteiger partial charge in [-0.1, -0.05) is 13.8 Å². The van der Waals surface area contributed by atoms with E-state index in [1.54, 1.807) is 0 Å². The highest BCUT2D eigenvalue weighted by atomic mass is 35.5.